The van der Waals surface area contributed by atoms with Crippen molar-refractivity contribution < 1.29 is 14.2 Å². The van der Waals surface area contributed by atoms with Gasteiger partial charge in [-0.25, -0.2) is 0 Å². The third kappa shape index (κ3) is 3.77. The topological polar surface area (TPSA) is 74.9 Å². The zero-order valence-corrected chi connectivity index (χ0v) is 17.3. The summed E-state index contributed by atoms with van der Waals surface area (Å²) in [6.07, 6.45) is 3.51. The van der Waals surface area contributed by atoms with E-state index in [-0.39, 0.29) is 5.56 Å². The molecule has 0 amide bonds. The molecule has 2 heterocycles. The lowest BCUT2D eigenvalue weighted by Crippen LogP contribution is -2.23. The van der Waals surface area contributed by atoms with Gasteiger partial charge in [-0.15, -0.1) is 5.10 Å². The molecular formula is C22H19N3O4S. The smallest absolute Gasteiger partial charge is 0.291 e. The van der Waals surface area contributed by atoms with Crippen LogP contribution in [0.15, 0.2) is 59.9 Å². The summed E-state index contributed by atoms with van der Waals surface area (Å²) in [6.45, 7) is 4.07. The lowest BCUT2D eigenvalue weighted by atomic mass is 10.2. The van der Waals surface area contributed by atoms with Crippen LogP contribution >= 0.6 is 11.3 Å². The molecule has 0 spiro atoms. The molecule has 4 aromatic rings. The molecule has 7 nitrogen and oxygen atoms in total. The first-order valence-corrected chi connectivity index (χ1v) is 9.92. The maximum atomic E-state index is 12.8. The van der Waals surface area contributed by atoms with Gasteiger partial charge < -0.3 is 14.2 Å². The molecule has 8 heteroatoms. The van der Waals surface area contributed by atoms with Gasteiger partial charge in [0.15, 0.2) is 17.3 Å². The van der Waals surface area contributed by atoms with Gasteiger partial charge in [0.05, 0.1) is 18.8 Å². The molecule has 0 N–H and O–H groups in total. The minimum absolute atomic E-state index is 0.207. The van der Waals surface area contributed by atoms with Crippen LogP contribution in [-0.2, 0) is 0 Å². The van der Waals surface area contributed by atoms with E-state index < -0.39 is 0 Å². The normalized spacial score (nSPS) is 11.6. The molecule has 152 valence electrons. The number of methoxy groups -OCH3 is 2. The molecule has 2 aromatic carbocycles. The first-order chi connectivity index (χ1) is 14.6. The Kier molecular flexibility index (Phi) is 5.49. The van der Waals surface area contributed by atoms with Crippen molar-refractivity contribution in [2.75, 3.05) is 20.8 Å². The predicted molar refractivity (Wildman–Crippen MR) is 117 cm³/mol. The second-order valence-electron chi connectivity index (χ2n) is 6.28. The summed E-state index contributed by atoms with van der Waals surface area (Å²) in [4.78, 5) is 17.8. The van der Waals surface area contributed by atoms with Crippen LogP contribution in [0.3, 0.4) is 0 Å². The number of hydrogen-bond donors (Lipinski definition) is 0. The molecule has 0 aliphatic carbocycles. The van der Waals surface area contributed by atoms with Crippen molar-refractivity contribution in [3.63, 3.8) is 0 Å². The van der Waals surface area contributed by atoms with Crippen LogP contribution in [0, 0.1) is 0 Å². The minimum Gasteiger partial charge on any atom is -0.493 e. The molecule has 0 unspecified atom stereocenters. The van der Waals surface area contributed by atoms with Crippen molar-refractivity contribution in [1.82, 2.24) is 14.6 Å². The summed E-state index contributed by atoms with van der Waals surface area (Å²) in [5.41, 5.74) is 1.42. The Morgan fingerprint density at radius 3 is 2.53 bits per heavy atom. The van der Waals surface area contributed by atoms with Crippen molar-refractivity contribution in [3.8, 4) is 28.6 Å². The SMILES string of the molecule is C=CCOc1ccc(/C=c2/sc3nc(-c4ccc(OC)c(OC)c4)nn3c2=O)cc1. The summed E-state index contributed by atoms with van der Waals surface area (Å²) in [6, 6.07) is 12.9. The molecule has 0 aliphatic heterocycles. The summed E-state index contributed by atoms with van der Waals surface area (Å²) in [5.74, 6) is 2.39. The Bertz CT molecular complexity index is 1310. The number of aromatic nitrogens is 3. The number of benzene rings is 2. The highest BCUT2D eigenvalue weighted by Crippen LogP contribution is 2.31. The molecular weight excluding hydrogens is 402 g/mol. The largest absolute Gasteiger partial charge is 0.493 e. The maximum absolute atomic E-state index is 12.8. The first kappa shape index (κ1) is 19.7. The summed E-state index contributed by atoms with van der Waals surface area (Å²) in [5, 5.41) is 4.38. The second kappa shape index (κ2) is 8.38. The Balaban J connectivity index is 1.66. The average molecular weight is 421 g/mol. The predicted octanol–water partition coefficient (Wildman–Crippen LogP) is 2.95. The van der Waals surface area contributed by atoms with Gasteiger partial charge in [-0.1, -0.05) is 36.1 Å². The monoisotopic (exact) mass is 421 g/mol. The number of thiazole rings is 1. The Hall–Kier alpha value is -3.65. The van der Waals surface area contributed by atoms with E-state index in [1.165, 1.54) is 15.9 Å². The highest BCUT2D eigenvalue weighted by Gasteiger charge is 2.14. The summed E-state index contributed by atoms with van der Waals surface area (Å²) >= 11 is 1.29. The van der Waals surface area contributed by atoms with E-state index in [1.54, 1.807) is 32.4 Å². The van der Waals surface area contributed by atoms with E-state index in [4.69, 9.17) is 14.2 Å². The van der Waals surface area contributed by atoms with Crippen molar-refractivity contribution >= 4 is 22.4 Å². The fourth-order valence-corrected chi connectivity index (χ4v) is 3.81. The van der Waals surface area contributed by atoms with Gasteiger partial charge in [0.2, 0.25) is 4.96 Å². The number of hydrogen-bond acceptors (Lipinski definition) is 7. The molecule has 0 radical (unpaired) electrons. The van der Waals surface area contributed by atoms with E-state index in [0.29, 0.717) is 33.4 Å². The summed E-state index contributed by atoms with van der Waals surface area (Å²) < 4.78 is 17.9. The molecule has 2 aromatic heterocycles. The maximum Gasteiger partial charge on any atom is 0.291 e. The quantitative estimate of drug-likeness (QED) is 0.427. The van der Waals surface area contributed by atoms with Crippen LogP contribution in [0.1, 0.15) is 5.56 Å². The lowest BCUT2D eigenvalue weighted by molar-refractivity contribution is 0.355. The van der Waals surface area contributed by atoms with E-state index >= 15 is 0 Å². The molecule has 0 atom stereocenters. The Morgan fingerprint density at radius 2 is 1.87 bits per heavy atom. The van der Waals surface area contributed by atoms with Gasteiger partial charge in [0.25, 0.3) is 5.56 Å². The van der Waals surface area contributed by atoms with Gasteiger partial charge in [-0.05, 0) is 42.0 Å². The van der Waals surface area contributed by atoms with Crippen LogP contribution < -0.4 is 24.3 Å². The fraction of sp³-hybridized carbons (Fsp3) is 0.136. The lowest BCUT2D eigenvalue weighted by Gasteiger charge is -2.07. The van der Waals surface area contributed by atoms with Crippen LogP contribution in [-0.4, -0.2) is 35.4 Å². The third-order valence-electron chi connectivity index (χ3n) is 4.37. The minimum atomic E-state index is -0.207. The van der Waals surface area contributed by atoms with Crippen molar-refractivity contribution in [3.05, 3.63) is 75.6 Å². The van der Waals surface area contributed by atoms with E-state index in [1.807, 2.05) is 36.4 Å². The van der Waals surface area contributed by atoms with E-state index in [2.05, 4.69) is 16.7 Å². The van der Waals surface area contributed by atoms with E-state index in [0.717, 1.165) is 16.9 Å². The molecule has 30 heavy (non-hydrogen) atoms. The number of nitrogens with zero attached hydrogens (tertiary/aromatic N) is 3. The first-order valence-electron chi connectivity index (χ1n) is 9.10. The molecule has 0 aliphatic rings. The zero-order chi connectivity index (χ0) is 21.1. The van der Waals surface area contributed by atoms with Gasteiger partial charge in [0, 0.05) is 5.56 Å². The molecule has 0 bridgehead atoms. The average Bonchev–Trinajstić information content (AvgIpc) is 3.32. The molecule has 0 saturated carbocycles. The zero-order valence-electron chi connectivity index (χ0n) is 16.5. The van der Waals surface area contributed by atoms with Crippen LogP contribution in [0.5, 0.6) is 17.2 Å². The molecule has 0 saturated heterocycles. The number of fused-ring (bicyclic) bond motifs is 1. The van der Waals surface area contributed by atoms with Gasteiger partial charge in [-0.3, -0.25) is 4.79 Å². The standard InChI is InChI=1S/C22H19N3O4S/c1-4-11-29-16-8-5-14(6-9-16)12-19-21(26)25-22(30-19)23-20(24-25)15-7-10-17(27-2)18(13-15)28-3/h4-10,12-13H,1,11H2,2-3H3/b19-12+. The van der Waals surface area contributed by atoms with Crippen LogP contribution in [0.4, 0.5) is 0 Å². The summed E-state index contributed by atoms with van der Waals surface area (Å²) in [7, 11) is 3.14. The third-order valence-corrected chi connectivity index (χ3v) is 5.33. The Morgan fingerprint density at radius 1 is 1.10 bits per heavy atom. The van der Waals surface area contributed by atoms with Gasteiger partial charge in [0.1, 0.15) is 12.4 Å². The number of ether oxygens (including phenoxy) is 3. The van der Waals surface area contributed by atoms with Gasteiger partial charge in [-0.2, -0.15) is 9.50 Å². The second-order valence-corrected chi connectivity index (χ2v) is 7.29. The Labute approximate surface area is 176 Å². The number of rotatable bonds is 7. The fourth-order valence-electron chi connectivity index (χ4n) is 2.90. The van der Waals surface area contributed by atoms with Crippen molar-refractivity contribution in [2.45, 2.75) is 0 Å². The van der Waals surface area contributed by atoms with Crippen molar-refractivity contribution in [2.24, 2.45) is 0 Å². The van der Waals surface area contributed by atoms with Crippen LogP contribution in [0.25, 0.3) is 22.4 Å². The van der Waals surface area contributed by atoms with E-state index in [9.17, 15) is 4.79 Å². The molecule has 4 rings (SSSR count). The molecule has 0 fully saturated rings. The van der Waals surface area contributed by atoms with Crippen LogP contribution in [0.2, 0.25) is 0 Å². The van der Waals surface area contributed by atoms with Crippen molar-refractivity contribution in [1.29, 1.82) is 0 Å². The van der Waals surface area contributed by atoms with Gasteiger partial charge >= 0.3 is 0 Å². The highest BCUT2D eigenvalue weighted by molar-refractivity contribution is 7.15. The highest BCUT2D eigenvalue weighted by atomic mass is 32.1.